The molecule has 0 N–H and O–H groups in total. The number of ether oxygens (including phenoxy) is 3. The largest absolute Gasteiger partial charge is 0.379 e. The van der Waals surface area contributed by atoms with Gasteiger partial charge in [-0.1, -0.05) is 19.1 Å². The van der Waals surface area contributed by atoms with E-state index >= 15 is 0 Å². The van der Waals surface area contributed by atoms with E-state index in [1.54, 1.807) is 0 Å². The lowest BCUT2D eigenvalue weighted by atomic mass is 9.78. The van der Waals surface area contributed by atoms with E-state index in [-0.39, 0.29) is 0 Å². The van der Waals surface area contributed by atoms with Crippen molar-refractivity contribution in [1.29, 1.82) is 0 Å². The first-order valence-electron chi connectivity index (χ1n) is 8.97. The van der Waals surface area contributed by atoms with Crippen molar-refractivity contribution in [3.05, 3.63) is 12.2 Å². The van der Waals surface area contributed by atoms with Crippen LogP contribution in [0.25, 0.3) is 0 Å². The Hall–Kier alpha value is -0.380. The Morgan fingerprint density at radius 2 is 1.82 bits per heavy atom. The molecule has 0 heterocycles. The van der Waals surface area contributed by atoms with Crippen molar-refractivity contribution in [2.75, 3.05) is 26.4 Å². The predicted molar refractivity (Wildman–Crippen MR) is 92.2 cm³/mol. The van der Waals surface area contributed by atoms with Crippen LogP contribution in [0.4, 0.5) is 0 Å². The van der Waals surface area contributed by atoms with Gasteiger partial charge >= 0.3 is 0 Å². The zero-order valence-electron chi connectivity index (χ0n) is 15.1. The summed E-state index contributed by atoms with van der Waals surface area (Å²) in [5.41, 5.74) is 1.27. The zero-order chi connectivity index (χ0) is 16.4. The van der Waals surface area contributed by atoms with E-state index in [0.717, 1.165) is 38.4 Å². The third kappa shape index (κ3) is 8.30. The molecule has 1 rings (SSSR count). The first-order valence-corrected chi connectivity index (χ1v) is 8.97. The molecule has 0 aromatic rings. The first-order chi connectivity index (χ1) is 10.5. The average Bonchev–Trinajstić information content (AvgIpc) is 2.45. The molecule has 0 amide bonds. The van der Waals surface area contributed by atoms with Gasteiger partial charge in [0.2, 0.25) is 0 Å². The van der Waals surface area contributed by atoms with Crippen molar-refractivity contribution in [1.82, 2.24) is 0 Å². The minimum absolute atomic E-state index is 0.327. The van der Waals surface area contributed by atoms with Crippen LogP contribution in [0.2, 0.25) is 0 Å². The highest BCUT2D eigenvalue weighted by molar-refractivity contribution is 5.02. The molecule has 1 saturated carbocycles. The molecule has 3 heteroatoms. The highest BCUT2D eigenvalue weighted by Gasteiger charge is 2.29. The Balaban J connectivity index is 2.04. The van der Waals surface area contributed by atoms with E-state index in [1.807, 2.05) is 0 Å². The van der Waals surface area contributed by atoms with Crippen LogP contribution < -0.4 is 0 Å². The van der Waals surface area contributed by atoms with Crippen LogP contribution >= 0.6 is 0 Å². The summed E-state index contributed by atoms with van der Waals surface area (Å²) < 4.78 is 17.2. The SMILES string of the molecule is C=C(C)C1CCC(C)CC1OCCOCCCCOC(C)C. The molecule has 0 aliphatic heterocycles. The maximum atomic E-state index is 6.08. The van der Waals surface area contributed by atoms with E-state index in [4.69, 9.17) is 14.2 Å². The third-order valence-electron chi connectivity index (χ3n) is 4.38. The number of rotatable bonds is 11. The second kappa shape index (κ2) is 11.2. The third-order valence-corrected chi connectivity index (χ3v) is 4.38. The average molecular weight is 312 g/mol. The summed E-state index contributed by atoms with van der Waals surface area (Å²) in [5, 5.41) is 0. The maximum absolute atomic E-state index is 6.08. The highest BCUT2D eigenvalue weighted by Crippen LogP contribution is 2.34. The van der Waals surface area contributed by atoms with Crippen molar-refractivity contribution in [3.8, 4) is 0 Å². The quantitative estimate of drug-likeness (QED) is 0.412. The van der Waals surface area contributed by atoms with Crippen LogP contribution in [0, 0.1) is 11.8 Å². The lowest BCUT2D eigenvalue weighted by Gasteiger charge is -2.35. The monoisotopic (exact) mass is 312 g/mol. The Labute approximate surface area is 137 Å². The molecule has 3 atom stereocenters. The minimum atomic E-state index is 0.327. The van der Waals surface area contributed by atoms with Crippen LogP contribution in [-0.2, 0) is 14.2 Å². The van der Waals surface area contributed by atoms with E-state index in [0.29, 0.717) is 31.3 Å². The molecule has 1 aliphatic rings. The van der Waals surface area contributed by atoms with Crippen molar-refractivity contribution < 1.29 is 14.2 Å². The smallest absolute Gasteiger partial charge is 0.0704 e. The van der Waals surface area contributed by atoms with E-state index in [1.165, 1.54) is 18.4 Å². The molecule has 1 fully saturated rings. The normalized spacial score (nSPS) is 25.6. The standard InChI is InChI=1S/C19H36O3/c1-15(2)18-9-8-17(5)14-19(18)22-13-12-20-10-6-7-11-21-16(3)4/h16-19H,1,6-14H2,2-5H3. The highest BCUT2D eigenvalue weighted by atomic mass is 16.5. The van der Waals surface area contributed by atoms with E-state index in [2.05, 4.69) is 34.3 Å². The Kier molecular flexibility index (Phi) is 10.0. The van der Waals surface area contributed by atoms with Gasteiger partial charge in [0.15, 0.2) is 0 Å². The van der Waals surface area contributed by atoms with Crippen LogP contribution in [0.5, 0.6) is 0 Å². The van der Waals surface area contributed by atoms with Gasteiger partial charge in [-0.25, -0.2) is 0 Å². The van der Waals surface area contributed by atoms with Gasteiger partial charge in [-0.3, -0.25) is 0 Å². The lowest BCUT2D eigenvalue weighted by Crippen LogP contribution is -2.32. The van der Waals surface area contributed by atoms with Gasteiger partial charge in [0.25, 0.3) is 0 Å². The Bertz CT molecular complexity index is 301. The van der Waals surface area contributed by atoms with Crippen molar-refractivity contribution in [3.63, 3.8) is 0 Å². The van der Waals surface area contributed by atoms with Gasteiger partial charge in [-0.15, -0.1) is 0 Å². The van der Waals surface area contributed by atoms with E-state index in [9.17, 15) is 0 Å². The summed E-state index contributed by atoms with van der Waals surface area (Å²) in [7, 11) is 0. The first kappa shape index (κ1) is 19.7. The van der Waals surface area contributed by atoms with Gasteiger partial charge < -0.3 is 14.2 Å². The van der Waals surface area contributed by atoms with Gasteiger partial charge in [-0.05, 0) is 58.8 Å². The van der Waals surface area contributed by atoms with Crippen molar-refractivity contribution in [2.24, 2.45) is 11.8 Å². The molecule has 0 radical (unpaired) electrons. The topological polar surface area (TPSA) is 27.7 Å². The molecule has 1 aliphatic carbocycles. The second-order valence-electron chi connectivity index (χ2n) is 7.02. The van der Waals surface area contributed by atoms with Crippen molar-refractivity contribution >= 4 is 0 Å². The molecular formula is C19H36O3. The molecule has 0 aromatic carbocycles. The molecule has 130 valence electrons. The number of hydrogen-bond acceptors (Lipinski definition) is 3. The Morgan fingerprint density at radius 3 is 2.50 bits per heavy atom. The maximum Gasteiger partial charge on any atom is 0.0704 e. The molecule has 0 aromatic heterocycles. The van der Waals surface area contributed by atoms with Gasteiger partial charge in [-0.2, -0.15) is 0 Å². The molecule has 0 bridgehead atoms. The van der Waals surface area contributed by atoms with Crippen LogP contribution in [0.3, 0.4) is 0 Å². The fourth-order valence-electron chi connectivity index (χ4n) is 3.06. The van der Waals surface area contributed by atoms with Gasteiger partial charge in [0, 0.05) is 19.1 Å². The summed E-state index contributed by atoms with van der Waals surface area (Å²) in [4.78, 5) is 0. The summed E-state index contributed by atoms with van der Waals surface area (Å²) in [6.07, 6.45) is 6.46. The summed E-state index contributed by atoms with van der Waals surface area (Å²) in [6, 6.07) is 0. The molecule has 0 saturated heterocycles. The van der Waals surface area contributed by atoms with Crippen molar-refractivity contribution in [2.45, 2.75) is 72.0 Å². The molecule has 3 nitrogen and oxygen atoms in total. The predicted octanol–water partition coefficient (Wildman–Crippen LogP) is 4.61. The zero-order valence-corrected chi connectivity index (χ0v) is 15.1. The summed E-state index contributed by atoms with van der Waals surface area (Å²) >= 11 is 0. The van der Waals surface area contributed by atoms with Crippen LogP contribution in [0.15, 0.2) is 12.2 Å². The lowest BCUT2D eigenvalue weighted by molar-refractivity contribution is -0.0392. The molecule has 0 spiro atoms. The fourth-order valence-corrected chi connectivity index (χ4v) is 3.06. The second-order valence-corrected chi connectivity index (χ2v) is 7.02. The summed E-state index contributed by atoms with van der Waals surface area (Å²) in [6.45, 7) is 15.7. The molecule has 3 unspecified atom stereocenters. The van der Waals surface area contributed by atoms with Crippen LogP contribution in [0.1, 0.15) is 59.8 Å². The fraction of sp³-hybridized carbons (Fsp3) is 0.895. The van der Waals surface area contributed by atoms with Crippen LogP contribution in [-0.4, -0.2) is 38.6 Å². The molecule has 22 heavy (non-hydrogen) atoms. The minimum Gasteiger partial charge on any atom is -0.379 e. The number of hydrogen-bond donors (Lipinski definition) is 0. The molecular weight excluding hydrogens is 276 g/mol. The summed E-state index contributed by atoms with van der Waals surface area (Å²) in [5.74, 6) is 1.30. The number of unbranched alkanes of at least 4 members (excludes halogenated alkanes) is 1. The Morgan fingerprint density at radius 1 is 1.09 bits per heavy atom. The van der Waals surface area contributed by atoms with E-state index < -0.39 is 0 Å². The van der Waals surface area contributed by atoms with Gasteiger partial charge in [0.1, 0.15) is 0 Å². The van der Waals surface area contributed by atoms with Gasteiger partial charge in [0.05, 0.1) is 25.4 Å².